The van der Waals surface area contributed by atoms with Crippen LogP contribution in [0.5, 0.6) is 11.5 Å². The lowest BCUT2D eigenvalue weighted by molar-refractivity contribution is 0.00452. The van der Waals surface area contributed by atoms with Crippen molar-refractivity contribution in [2.75, 3.05) is 78.9 Å². The van der Waals surface area contributed by atoms with Gasteiger partial charge in [0.05, 0.1) is 26.4 Å². The molecule has 2 saturated heterocycles. The van der Waals surface area contributed by atoms with E-state index in [0.29, 0.717) is 13.1 Å². The van der Waals surface area contributed by atoms with E-state index in [1.807, 2.05) is 48.5 Å². The molecule has 0 unspecified atom stereocenters. The molecule has 0 radical (unpaired) electrons. The van der Waals surface area contributed by atoms with Crippen LogP contribution in [-0.4, -0.2) is 111 Å². The number of ether oxygens (including phenoxy) is 4. The molecule has 2 aliphatic rings. The Hall–Kier alpha value is -2.20. The standard InChI is InChI=1S/C26H36N2O6/c29-23(17-27-9-13-31-14-10-27)19-33-25-5-1-21(2-6-25)22-3-7-26(8-4-22)34-20-24(30)18-28-11-15-32-16-12-28/h1-8,23-24,29-30H,9-20H2/t23-,24-/m0/s1. The summed E-state index contributed by atoms with van der Waals surface area (Å²) in [5.74, 6) is 1.47. The Morgan fingerprint density at radius 1 is 0.618 bits per heavy atom. The van der Waals surface area contributed by atoms with Gasteiger partial charge in [0.1, 0.15) is 36.9 Å². The first kappa shape index (κ1) is 24.9. The van der Waals surface area contributed by atoms with Gasteiger partial charge in [-0.1, -0.05) is 24.3 Å². The van der Waals surface area contributed by atoms with Gasteiger partial charge >= 0.3 is 0 Å². The number of aliphatic hydroxyl groups is 2. The van der Waals surface area contributed by atoms with Gasteiger partial charge in [0.15, 0.2) is 0 Å². The quantitative estimate of drug-likeness (QED) is 0.509. The van der Waals surface area contributed by atoms with Crippen molar-refractivity contribution in [3.63, 3.8) is 0 Å². The third-order valence-electron chi connectivity index (χ3n) is 6.07. The van der Waals surface area contributed by atoms with Gasteiger partial charge < -0.3 is 29.2 Å². The summed E-state index contributed by atoms with van der Waals surface area (Å²) in [4.78, 5) is 4.39. The number of aliphatic hydroxyl groups excluding tert-OH is 2. The minimum Gasteiger partial charge on any atom is -0.491 e. The van der Waals surface area contributed by atoms with Crippen LogP contribution in [0.4, 0.5) is 0 Å². The molecule has 8 heteroatoms. The Morgan fingerprint density at radius 3 is 1.32 bits per heavy atom. The molecular formula is C26H36N2O6. The molecule has 0 saturated carbocycles. The first-order valence-corrected chi connectivity index (χ1v) is 12.1. The monoisotopic (exact) mass is 472 g/mol. The molecule has 4 rings (SSSR count). The highest BCUT2D eigenvalue weighted by atomic mass is 16.5. The van der Waals surface area contributed by atoms with E-state index in [0.717, 1.165) is 75.2 Å². The van der Waals surface area contributed by atoms with Gasteiger partial charge in [-0.15, -0.1) is 0 Å². The molecule has 2 atom stereocenters. The van der Waals surface area contributed by atoms with Crippen LogP contribution in [0.3, 0.4) is 0 Å². The molecule has 2 fully saturated rings. The Balaban J connectivity index is 1.19. The van der Waals surface area contributed by atoms with Crippen molar-refractivity contribution in [1.82, 2.24) is 9.80 Å². The maximum atomic E-state index is 10.2. The fourth-order valence-electron chi connectivity index (χ4n) is 4.14. The van der Waals surface area contributed by atoms with Crippen molar-refractivity contribution in [1.29, 1.82) is 0 Å². The molecule has 186 valence electrons. The van der Waals surface area contributed by atoms with Crippen LogP contribution in [-0.2, 0) is 9.47 Å². The molecule has 0 spiro atoms. The van der Waals surface area contributed by atoms with Crippen molar-refractivity contribution < 1.29 is 29.2 Å². The number of rotatable bonds is 11. The van der Waals surface area contributed by atoms with Crippen molar-refractivity contribution in [3.05, 3.63) is 48.5 Å². The van der Waals surface area contributed by atoms with Crippen LogP contribution in [0.1, 0.15) is 0 Å². The second kappa shape index (κ2) is 13.0. The molecule has 2 aromatic rings. The molecule has 2 aromatic carbocycles. The smallest absolute Gasteiger partial charge is 0.119 e. The summed E-state index contributed by atoms with van der Waals surface area (Å²) in [5, 5.41) is 20.5. The predicted molar refractivity (Wildman–Crippen MR) is 129 cm³/mol. The van der Waals surface area contributed by atoms with Crippen LogP contribution in [0.25, 0.3) is 11.1 Å². The second-order valence-corrected chi connectivity index (χ2v) is 8.80. The van der Waals surface area contributed by atoms with Gasteiger partial charge in [-0.2, -0.15) is 0 Å². The van der Waals surface area contributed by atoms with Gasteiger partial charge in [-0.3, -0.25) is 9.80 Å². The minimum absolute atomic E-state index is 0.264. The number of hydrogen-bond acceptors (Lipinski definition) is 8. The van der Waals surface area contributed by atoms with E-state index in [4.69, 9.17) is 18.9 Å². The third kappa shape index (κ3) is 7.94. The van der Waals surface area contributed by atoms with Gasteiger partial charge in [0.2, 0.25) is 0 Å². The van der Waals surface area contributed by atoms with E-state index in [2.05, 4.69) is 9.80 Å². The predicted octanol–water partition coefficient (Wildman–Crippen LogP) is 1.50. The fraction of sp³-hybridized carbons (Fsp3) is 0.538. The number of β-amino-alcohol motifs (C(OH)–C–C–N with tert-alkyl or cyclic N) is 2. The molecule has 0 amide bonds. The van der Waals surface area contributed by atoms with Crippen molar-refractivity contribution >= 4 is 0 Å². The number of nitrogens with zero attached hydrogens (tertiary/aromatic N) is 2. The summed E-state index contributed by atoms with van der Waals surface area (Å²) in [6, 6.07) is 15.7. The highest BCUT2D eigenvalue weighted by Gasteiger charge is 2.16. The lowest BCUT2D eigenvalue weighted by atomic mass is 10.1. The molecular weight excluding hydrogens is 436 g/mol. The zero-order chi connectivity index (χ0) is 23.6. The van der Waals surface area contributed by atoms with Gasteiger partial charge in [-0.25, -0.2) is 0 Å². The minimum atomic E-state index is -0.530. The third-order valence-corrected chi connectivity index (χ3v) is 6.07. The normalized spacial score (nSPS) is 19.5. The molecule has 2 heterocycles. The van der Waals surface area contributed by atoms with Crippen LogP contribution in [0, 0.1) is 0 Å². The van der Waals surface area contributed by atoms with E-state index in [1.165, 1.54) is 0 Å². The van der Waals surface area contributed by atoms with Crippen LogP contribution in [0.15, 0.2) is 48.5 Å². The molecule has 2 N–H and O–H groups in total. The Morgan fingerprint density at radius 2 is 0.971 bits per heavy atom. The highest BCUT2D eigenvalue weighted by molar-refractivity contribution is 5.64. The Labute approximate surface area is 201 Å². The second-order valence-electron chi connectivity index (χ2n) is 8.80. The summed E-state index contributed by atoms with van der Waals surface area (Å²) >= 11 is 0. The maximum Gasteiger partial charge on any atom is 0.119 e. The summed E-state index contributed by atoms with van der Waals surface area (Å²) in [6.07, 6.45) is -1.06. The first-order valence-electron chi connectivity index (χ1n) is 12.1. The summed E-state index contributed by atoms with van der Waals surface area (Å²) in [5.41, 5.74) is 2.14. The van der Waals surface area contributed by atoms with E-state index in [1.54, 1.807) is 0 Å². The van der Waals surface area contributed by atoms with Gasteiger partial charge in [0, 0.05) is 39.3 Å². The van der Waals surface area contributed by atoms with Crippen molar-refractivity contribution in [2.45, 2.75) is 12.2 Å². The Kier molecular flexibility index (Phi) is 9.55. The van der Waals surface area contributed by atoms with E-state index >= 15 is 0 Å². The molecule has 34 heavy (non-hydrogen) atoms. The van der Waals surface area contributed by atoms with Crippen LogP contribution in [0.2, 0.25) is 0 Å². The van der Waals surface area contributed by atoms with Gasteiger partial charge in [-0.05, 0) is 35.4 Å². The van der Waals surface area contributed by atoms with Crippen molar-refractivity contribution in [3.8, 4) is 22.6 Å². The zero-order valence-corrected chi connectivity index (χ0v) is 19.7. The van der Waals surface area contributed by atoms with E-state index < -0.39 is 12.2 Å². The number of benzene rings is 2. The van der Waals surface area contributed by atoms with Crippen LogP contribution < -0.4 is 9.47 Å². The molecule has 0 bridgehead atoms. The zero-order valence-electron chi connectivity index (χ0n) is 19.7. The molecule has 0 aliphatic carbocycles. The maximum absolute atomic E-state index is 10.2. The summed E-state index contributed by atoms with van der Waals surface area (Å²) in [7, 11) is 0. The lowest BCUT2D eigenvalue weighted by Gasteiger charge is -2.28. The van der Waals surface area contributed by atoms with E-state index in [-0.39, 0.29) is 13.2 Å². The molecule has 2 aliphatic heterocycles. The van der Waals surface area contributed by atoms with Crippen molar-refractivity contribution in [2.24, 2.45) is 0 Å². The SMILES string of the molecule is O[C@H](COc1ccc(-c2ccc(OC[C@@H](O)CN3CCOCC3)cc2)cc1)CN1CCOCC1. The fourth-order valence-corrected chi connectivity index (χ4v) is 4.14. The summed E-state index contributed by atoms with van der Waals surface area (Å²) in [6.45, 7) is 8.01. The Bertz CT molecular complexity index is 764. The summed E-state index contributed by atoms with van der Waals surface area (Å²) < 4.78 is 22.2. The lowest BCUT2D eigenvalue weighted by Crippen LogP contribution is -2.42. The molecule has 8 nitrogen and oxygen atoms in total. The van der Waals surface area contributed by atoms with Crippen LogP contribution >= 0.6 is 0 Å². The van der Waals surface area contributed by atoms with Gasteiger partial charge in [0.25, 0.3) is 0 Å². The topological polar surface area (TPSA) is 83.9 Å². The number of hydrogen-bond donors (Lipinski definition) is 2. The average molecular weight is 473 g/mol. The van der Waals surface area contributed by atoms with E-state index in [9.17, 15) is 10.2 Å². The first-order chi connectivity index (χ1) is 16.7. The largest absolute Gasteiger partial charge is 0.491 e. The molecule has 0 aromatic heterocycles. The highest BCUT2D eigenvalue weighted by Crippen LogP contribution is 2.25. The average Bonchev–Trinajstić information content (AvgIpc) is 2.88. The number of morpholine rings is 2.